The van der Waals surface area contributed by atoms with E-state index in [1.807, 2.05) is 27.7 Å². The van der Waals surface area contributed by atoms with E-state index in [9.17, 15) is 0 Å². The van der Waals surface area contributed by atoms with Gasteiger partial charge in [0.15, 0.2) is 0 Å². The molecule has 12 heavy (non-hydrogen) atoms. The Morgan fingerprint density at radius 1 is 1.25 bits per heavy atom. The third kappa shape index (κ3) is 8.05. The lowest BCUT2D eigenvalue weighted by Crippen LogP contribution is -2.42. The highest BCUT2D eigenvalue weighted by molar-refractivity contribution is 6.43. The molecule has 0 saturated carbocycles. The van der Waals surface area contributed by atoms with Gasteiger partial charge in [0.25, 0.3) is 0 Å². The van der Waals surface area contributed by atoms with Crippen molar-refractivity contribution in [2.24, 2.45) is 5.92 Å². The molecule has 4 heteroatoms. The summed E-state index contributed by atoms with van der Waals surface area (Å²) >= 11 is 0. The first kappa shape index (κ1) is 14.5. The van der Waals surface area contributed by atoms with Crippen LogP contribution < -0.4 is 5.32 Å². The minimum atomic E-state index is -1.24. The van der Waals surface area contributed by atoms with Crippen LogP contribution in [-0.2, 0) is 0 Å². The number of rotatable bonds is 4. The van der Waals surface area contributed by atoms with E-state index in [2.05, 4.69) is 5.32 Å². The maximum absolute atomic E-state index is 8.75. The predicted octanol–water partition coefficient (Wildman–Crippen LogP) is 0.659. The summed E-state index contributed by atoms with van der Waals surface area (Å²) in [5.74, 6) is 0.291. The van der Waals surface area contributed by atoms with E-state index < -0.39 is 7.12 Å². The standard InChI is InChI=1S/C6H16BNO2.C2H6/c1-5(2)4-6(8-3)7(9)10;1-2/h5-6,8-10H,4H2,1-3H3;1-2H3/t6-;/m0./s1. The van der Waals surface area contributed by atoms with Crippen LogP contribution in [0, 0.1) is 5.92 Å². The van der Waals surface area contributed by atoms with Gasteiger partial charge in [-0.15, -0.1) is 0 Å². The summed E-state index contributed by atoms with van der Waals surface area (Å²) in [6.45, 7) is 8.10. The maximum atomic E-state index is 8.75. The zero-order valence-corrected chi connectivity index (χ0v) is 8.83. The molecule has 0 aromatic rings. The fourth-order valence-electron chi connectivity index (χ4n) is 0.897. The van der Waals surface area contributed by atoms with Crippen molar-refractivity contribution < 1.29 is 10.0 Å². The van der Waals surface area contributed by atoms with Gasteiger partial charge in [0.2, 0.25) is 0 Å². The molecule has 0 aromatic carbocycles. The van der Waals surface area contributed by atoms with Gasteiger partial charge in [-0.2, -0.15) is 0 Å². The van der Waals surface area contributed by atoms with Gasteiger partial charge in [0, 0.05) is 5.94 Å². The Kier molecular flexibility index (Phi) is 10.9. The molecule has 0 aliphatic heterocycles. The molecule has 0 saturated heterocycles. The van der Waals surface area contributed by atoms with Crippen LogP contribution in [0.4, 0.5) is 0 Å². The third-order valence-corrected chi connectivity index (χ3v) is 1.46. The molecule has 0 bridgehead atoms. The molecule has 74 valence electrons. The van der Waals surface area contributed by atoms with E-state index in [1.54, 1.807) is 7.05 Å². The van der Waals surface area contributed by atoms with Crippen LogP contribution in [0.1, 0.15) is 34.1 Å². The van der Waals surface area contributed by atoms with Crippen LogP contribution in [0.25, 0.3) is 0 Å². The largest absolute Gasteiger partial charge is 0.469 e. The third-order valence-electron chi connectivity index (χ3n) is 1.46. The fourth-order valence-corrected chi connectivity index (χ4v) is 0.897. The number of hydrogen-bond acceptors (Lipinski definition) is 3. The summed E-state index contributed by atoms with van der Waals surface area (Å²) in [6, 6.07) is 0. The first-order valence-corrected chi connectivity index (χ1v) is 4.61. The number of nitrogens with one attached hydrogen (secondary N) is 1. The quantitative estimate of drug-likeness (QED) is 0.550. The van der Waals surface area contributed by atoms with E-state index in [0.717, 1.165) is 6.42 Å². The molecule has 0 aromatic heterocycles. The Balaban J connectivity index is 0. The smallest absolute Gasteiger partial charge is 0.426 e. The van der Waals surface area contributed by atoms with Gasteiger partial charge in [-0.3, -0.25) is 0 Å². The Morgan fingerprint density at radius 2 is 1.67 bits per heavy atom. The van der Waals surface area contributed by atoms with E-state index >= 15 is 0 Å². The van der Waals surface area contributed by atoms with Gasteiger partial charge >= 0.3 is 7.12 Å². The molecule has 0 rings (SSSR count). The molecule has 0 spiro atoms. The normalized spacial score (nSPS) is 12.0. The molecule has 0 heterocycles. The summed E-state index contributed by atoms with van der Waals surface area (Å²) in [5.41, 5.74) is 0. The lowest BCUT2D eigenvalue weighted by atomic mass is 9.75. The first-order chi connectivity index (χ1) is 5.57. The Morgan fingerprint density at radius 3 is 1.75 bits per heavy atom. The SMILES string of the molecule is CC.CN[C@@H](CC(C)C)B(O)O. The predicted molar refractivity (Wildman–Crippen MR) is 53.8 cm³/mol. The highest BCUT2D eigenvalue weighted by Crippen LogP contribution is 2.04. The lowest BCUT2D eigenvalue weighted by Gasteiger charge is -2.16. The van der Waals surface area contributed by atoms with Crippen molar-refractivity contribution in [2.45, 2.75) is 40.1 Å². The average molecular weight is 175 g/mol. The molecule has 3 N–H and O–H groups in total. The molecular formula is C8H22BNO2. The van der Waals surface area contributed by atoms with Gasteiger partial charge in [-0.1, -0.05) is 27.7 Å². The van der Waals surface area contributed by atoms with Crippen LogP contribution in [0.15, 0.2) is 0 Å². The van der Waals surface area contributed by atoms with Crippen molar-refractivity contribution in [2.75, 3.05) is 7.05 Å². The van der Waals surface area contributed by atoms with Crippen LogP contribution in [0.2, 0.25) is 0 Å². The molecule has 0 aliphatic carbocycles. The maximum Gasteiger partial charge on any atom is 0.469 e. The van der Waals surface area contributed by atoms with E-state index in [-0.39, 0.29) is 5.94 Å². The van der Waals surface area contributed by atoms with Gasteiger partial charge in [0.05, 0.1) is 0 Å². The molecule has 0 radical (unpaired) electrons. The average Bonchev–Trinajstić information content (AvgIpc) is 2.03. The minimum Gasteiger partial charge on any atom is -0.426 e. The van der Waals surface area contributed by atoms with Crippen molar-refractivity contribution in [3.8, 4) is 0 Å². The Bertz CT molecular complexity index is 89.1. The minimum absolute atomic E-state index is 0.194. The second-order valence-corrected chi connectivity index (χ2v) is 2.94. The van der Waals surface area contributed by atoms with Gasteiger partial charge in [-0.05, 0) is 19.4 Å². The van der Waals surface area contributed by atoms with Crippen LogP contribution in [0.3, 0.4) is 0 Å². The van der Waals surface area contributed by atoms with Crippen LogP contribution >= 0.6 is 0 Å². The molecule has 3 nitrogen and oxygen atoms in total. The monoisotopic (exact) mass is 175 g/mol. The zero-order valence-electron chi connectivity index (χ0n) is 8.83. The lowest BCUT2D eigenvalue weighted by molar-refractivity contribution is 0.356. The highest BCUT2D eigenvalue weighted by atomic mass is 16.4. The fraction of sp³-hybridized carbons (Fsp3) is 1.00. The van der Waals surface area contributed by atoms with E-state index in [0.29, 0.717) is 5.92 Å². The topological polar surface area (TPSA) is 52.5 Å². The highest BCUT2D eigenvalue weighted by Gasteiger charge is 2.21. The van der Waals surface area contributed by atoms with Crippen molar-refractivity contribution >= 4 is 7.12 Å². The molecule has 0 fully saturated rings. The molecule has 1 atom stereocenters. The van der Waals surface area contributed by atoms with Crippen molar-refractivity contribution in [1.82, 2.24) is 5.32 Å². The summed E-state index contributed by atoms with van der Waals surface area (Å²) in [4.78, 5) is 0. The van der Waals surface area contributed by atoms with Crippen LogP contribution in [0.5, 0.6) is 0 Å². The van der Waals surface area contributed by atoms with Gasteiger partial charge in [0.1, 0.15) is 0 Å². The van der Waals surface area contributed by atoms with Crippen molar-refractivity contribution in [1.29, 1.82) is 0 Å². The second-order valence-electron chi connectivity index (χ2n) is 2.94. The summed E-state index contributed by atoms with van der Waals surface area (Å²) < 4.78 is 0. The van der Waals surface area contributed by atoms with E-state index in [1.165, 1.54) is 0 Å². The second kappa shape index (κ2) is 9.04. The summed E-state index contributed by atoms with van der Waals surface area (Å²) in [6.07, 6.45) is 0.786. The Hall–Kier alpha value is -0.0551. The number of hydrogen-bond donors (Lipinski definition) is 3. The Labute approximate surface area is 76.3 Å². The first-order valence-electron chi connectivity index (χ1n) is 4.61. The van der Waals surface area contributed by atoms with Crippen molar-refractivity contribution in [3.63, 3.8) is 0 Å². The van der Waals surface area contributed by atoms with E-state index in [4.69, 9.17) is 10.0 Å². The molecular weight excluding hydrogens is 153 g/mol. The van der Waals surface area contributed by atoms with Gasteiger partial charge < -0.3 is 15.4 Å². The molecule has 0 amide bonds. The van der Waals surface area contributed by atoms with Crippen molar-refractivity contribution in [3.05, 3.63) is 0 Å². The molecule has 0 unspecified atom stereocenters. The van der Waals surface area contributed by atoms with Crippen LogP contribution in [-0.4, -0.2) is 30.2 Å². The molecule has 0 aliphatic rings. The summed E-state index contributed by atoms with van der Waals surface area (Å²) in [7, 11) is 0.486. The van der Waals surface area contributed by atoms with Gasteiger partial charge in [-0.25, -0.2) is 0 Å². The zero-order chi connectivity index (χ0) is 10.1. The summed E-state index contributed by atoms with van der Waals surface area (Å²) in [5, 5.41) is 20.3.